The first-order valence-corrected chi connectivity index (χ1v) is 5.84. The molecule has 0 saturated heterocycles. The van der Waals surface area contributed by atoms with Crippen molar-refractivity contribution in [1.29, 1.82) is 0 Å². The first-order valence-electron chi connectivity index (χ1n) is 5.08. The Morgan fingerprint density at radius 3 is 2.71 bits per heavy atom. The topological polar surface area (TPSA) is 37.8 Å². The van der Waals surface area contributed by atoms with E-state index in [1.54, 1.807) is 31.4 Å². The Morgan fingerprint density at radius 1 is 1.24 bits per heavy atom. The molecule has 0 unspecified atom stereocenters. The average molecular weight is 268 g/mol. The minimum Gasteiger partial charge on any atom is -0.357 e. The van der Waals surface area contributed by atoms with Crippen LogP contribution in [0, 0.1) is 6.92 Å². The summed E-state index contributed by atoms with van der Waals surface area (Å²) in [5.74, 6) is 0.557. The summed E-state index contributed by atoms with van der Waals surface area (Å²) in [6.07, 6.45) is 1.76. The van der Waals surface area contributed by atoms with Crippen molar-refractivity contribution >= 4 is 29.2 Å². The van der Waals surface area contributed by atoms with E-state index < -0.39 is 0 Å². The highest BCUT2D eigenvalue weighted by atomic mass is 35.5. The molecule has 0 aliphatic heterocycles. The Hall–Kier alpha value is -1.32. The predicted octanol–water partition coefficient (Wildman–Crippen LogP) is 3.80. The van der Waals surface area contributed by atoms with Crippen LogP contribution in [0.25, 0.3) is 11.3 Å². The third-order valence-electron chi connectivity index (χ3n) is 2.38. The van der Waals surface area contributed by atoms with Crippen molar-refractivity contribution in [1.82, 2.24) is 9.97 Å². The van der Waals surface area contributed by atoms with Crippen LogP contribution in [0.3, 0.4) is 0 Å². The second-order valence-electron chi connectivity index (χ2n) is 3.60. The quantitative estimate of drug-likeness (QED) is 0.900. The summed E-state index contributed by atoms with van der Waals surface area (Å²) in [6, 6.07) is 5.32. The molecule has 0 aliphatic rings. The number of hydrogen-bond donors (Lipinski definition) is 1. The van der Waals surface area contributed by atoms with Crippen LogP contribution in [-0.4, -0.2) is 17.0 Å². The number of halogens is 2. The van der Waals surface area contributed by atoms with Gasteiger partial charge >= 0.3 is 0 Å². The van der Waals surface area contributed by atoms with Gasteiger partial charge in [0.1, 0.15) is 0 Å². The van der Waals surface area contributed by atoms with Crippen LogP contribution in [0.1, 0.15) is 5.56 Å². The Bertz CT molecular complexity index is 555. The minimum atomic E-state index is 0.557. The molecule has 1 aromatic carbocycles. The first-order chi connectivity index (χ1) is 8.11. The molecule has 0 fully saturated rings. The summed E-state index contributed by atoms with van der Waals surface area (Å²) in [4.78, 5) is 8.53. The minimum absolute atomic E-state index is 0.557. The number of aromatic nitrogens is 2. The zero-order chi connectivity index (χ0) is 12.4. The molecule has 0 amide bonds. The first kappa shape index (κ1) is 12.1. The van der Waals surface area contributed by atoms with E-state index in [9.17, 15) is 0 Å². The number of nitrogens with zero attached hydrogens (tertiary/aromatic N) is 2. The fraction of sp³-hybridized carbons (Fsp3) is 0.167. The number of nitrogens with one attached hydrogen (secondary N) is 1. The zero-order valence-corrected chi connectivity index (χ0v) is 11.0. The van der Waals surface area contributed by atoms with Crippen molar-refractivity contribution in [3.63, 3.8) is 0 Å². The summed E-state index contributed by atoms with van der Waals surface area (Å²) in [5, 5.41) is 4.16. The van der Waals surface area contributed by atoms with Crippen LogP contribution in [-0.2, 0) is 0 Å². The second-order valence-corrected chi connectivity index (χ2v) is 4.44. The van der Waals surface area contributed by atoms with E-state index in [4.69, 9.17) is 23.2 Å². The Kier molecular flexibility index (Phi) is 3.50. The molecule has 0 atom stereocenters. The van der Waals surface area contributed by atoms with Gasteiger partial charge in [-0.2, -0.15) is 0 Å². The molecule has 1 heterocycles. The van der Waals surface area contributed by atoms with Gasteiger partial charge in [-0.05, 0) is 30.7 Å². The van der Waals surface area contributed by atoms with E-state index in [0.717, 1.165) is 16.8 Å². The highest BCUT2D eigenvalue weighted by Gasteiger charge is 2.10. The monoisotopic (exact) mass is 267 g/mol. The van der Waals surface area contributed by atoms with Crippen LogP contribution in [0.5, 0.6) is 0 Å². The molecular weight excluding hydrogens is 257 g/mol. The van der Waals surface area contributed by atoms with Crippen LogP contribution in [0.2, 0.25) is 10.0 Å². The van der Waals surface area contributed by atoms with Crippen molar-refractivity contribution in [3.8, 4) is 11.3 Å². The lowest BCUT2D eigenvalue weighted by Gasteiger charge is -2.09. The smallest absolute Gasteiger partial charge is 0.222 e. The largest absolute Gasteiger partial charge is 0.357 e. The Balaban J connectivity index is 2.62. The third kappa shape index (κ3) is 2.51. The maximum atomic E-state index is 6.16. The molecular formula is C12H11Cl2N3. The molecule has 17 heavy (non-hydrogen) atoms. The Morgan fingerprint density at radius 2 is 2.00 bits per heavy atom. The van der Waals surface area contributed by atoms with Gasteiger partial charge in [-0.25, -0.2) is 9.97 Å². The molecule has 2 rings (SSSR count). The number of benzene rings is 1. The summed E-state index contributed by atoms with van der Waals surface area (Å²) in [6.45, 7) is 1.94. The van der Waals surface area contributed by atoms with Gasteiger partial charge in [0, 0.05) is 23.8 Å². The molecule has 3 nitrogen and oxygen atoms in total. The van der Waals surface area contributed by atoms with E-state index in [2.05, 4.69) is 15.3 Å². The number of hydrogen-bond acceptors (Lipinski definition) is 3. The molecule has 1 N–H and O–H groups in total. The predicted molar refractivity (Wildman–Crippen MR) is 71.8 cm³/mol. The Labute approximate surface area is 110 Å². The number of aryl methyl sites for hydroxylation is 1. The van der Waals surface area contributed by atoms with Gasteiger partial charge in [0.05, 0.1) is 10.7 Å². The van der Waals surface area contributed by atoms with Gasteiger partial charge < -0.3 is 5.32 Å². The van der Waals surface area contributed by atoms with Crippen LogP contribution in [0.4, 0.5) is 5.95 Å². The van der Waals surface area contributed by atoms with Crippen molar-refractivity contribution in [2.24, 2.45) is 0 Å². The van der Waals surface area contributed by atoms with Crippen molar-refractivity contribution in [2.45, 2.75) is 6.92 Å². The van der Waals surface area contributed by atoms with Gasteiger partial charge in [-0.3, -0.25) is 0 Å². The summed E-state index contributed by atoms with van der Waals surface area (Å²) in [5.41, 5.74) is 2.56. The van der Waals surface area contributed by atoms with Crippen molar-refractivity contribution in [2.75, 3.05) is 12.4 Å². The van der Waals surface area contributed by atoms with E-state index >= 15 is 0 Å². The van der Waals surface area contributed by atoms with Gasteiger partial charge in [0.15, 0.2) is 0 Å². The average Bonchev–Trinajstić information content (AvgIpc) is 2.33. The van der Waals surface area contributed by atoms with Crippen molar-refractivity contribution < 1.29 is 0 Å². The maximum Gasteiger partial charge on any atom is 0.222 e. The second kappa shape index (κ2) is 4.90. The van der Waals surface area contributed by atoms with E-state index in [1.165, 1.54) is 0 Å². The lowest BCUT2D eigenvalue weighted by atomic mass is 10.1. The molecule has 0 aliphatic carbocycles. The molecule has 5 heteroatoms. The van der Waals surface area contributed by atoms with E-state index in [-0.39, 0.29) is 0 Å². The summed E-state index contributed by atoms with van der Waals surface area (Å²) < 4.78 is 0. The van der Waals surface area contributed by atoms with Crippen LogP contribution < -0.4 is 5.32 Å². The number of rotatable bonds is 2. The zero-order valence-electron chi connectivity index (χ0n) is 9.46. The highest BCUT2D eigenvalue weighted by molar-refractivity contribution is 6.35. The van der Waals surface area contributed by atoms with Crippen LogP contribution in [0.15, 0.2) is 24.4 Å². The molecule has 0 bridgehead atoms. The fourth-order valence-corrected chi connectivity index (χ4v) is 1.89. The summed E-state index contributed by atoms with van der Waals surface area (Å²) in [7, 11) is 1.77. The molecule has 2 aromatic rings. The van der Waals surface area contributed by atoms with Gasteiger partial charge in [0.25, 0.3) is 0 Å². The lowest BCUT2D eigenvalue weighted by molar-refractivity contribution is 1.12. The lowest BCUT2D eigenvalue weighted by Crippen LogP contribution is -1.99. The standard InChI is InChI=1S/C12H11Cl2N3/c1-7-6-16-12(15-2)17-11(7)9-5-8(13)3-4-10(9)14/h3-6H,1-2H3,(H,15,16,17). The highest BCUT2D eigenvalue weighted by Crippen LogP contribution is 2.31. The molecule has 0 spiro atoms. The van der Waals surface area contributed by atoms with Crippen LogP contribution >= 0.6 is 23.2 Å². The van der Waals surface area contributed by atoms with E-state index in [0.29, 0.717) is 16.0 Å². The normalized spacial score (nSPS) is 10.4. The molecule has 88 valence electrons. The molecule has 1 aromatic heterocycles. The van der Waals surface area contributed by atoms with E-state index in [1.807, 2.05) is 6.92 Å². The van der Waals surface area contributed by atoms with Gasteiger partial charge in [-0.1, -0.05) is 23.2 Å². The van der Waals surface area contributed by atoms with Gasteiger partial charge in [0.2, 0.25) is 5.95 Å². The van der Waals surface area contributed by atoms with Gasteiger partial charge in [-0.15, -0.1) is 0 Å². The fourth-order valence-electron chi connectivity index (χ4n) is 1.51. The van der Waals surface area contributed by atoms with Crippen molar-refractivity contribution in [3.05, 3.63) is 40.0 Å². The maximum absolute atomic E-state index is 6.16. The molecule has 0 saturated carbocycles. The third-order valence-corrected chi connectivity index (χ3v) is 2.94. The molecule has 0 radical (unpaired) electrons. The SMILES string of the molecule is CNc1ncc(C)c(-c2cc(Cl)ccc2Cl)n1. The summed E-state index contributed by atoms with van der Waals surface area (Å²) >= 11 is 12.1. The number of anilines is 1.